The molecule has 0 radical (unpaired) electrons. The van der Waals surface area contributed by atoms with E-state index in [9.17, 15) is 14.3 Å². The van der Waals surface area contributed by atoms with Crippen molar-refractivity contribution in [2.24, 2.45) is 52.3 Å². The number of ether oxygens (including phenoxy) is 2. The molecular weight excluding hydrogens is 601 g/mol. The summed E-state index contributed by atoms with van der Waals surface area (Å²) in [5, 5.41) is 0. The van der Waals surface area contributed by atoms with Gasteiger partial charge in [-0.3, -0.25) is 9.05 Å². The first kappa shape index (κ1) is 37.6. The number of carbonyl (C=O) groups excluding carboxylic acids is 1. The smallest absolute Gasteiger partial charge is 0.432 e. The third-order valence-corrected chi connectivity index (χ3v) is 13.6. The molecule has 0 saturated heterocycles. The van der Waals surface area contributed by atoms with Gasteiger partial charge in [0.2, 0.25) is 0 Å². The van der Waals surface area contributed by atoms with Gasteiger partial charge in [0.05, 0.1) is 27.7 Å². The zero-order chi connectivity index (χ0) is 33.9. The molecule has 4 aliphatic rings. The van der Waals surface area contributed by atoms with Crippen LogP contribution in [-0.2, 0) is 23.1 Å². The van der Waals surface area contributed by atoms with Crippen molar-refractivity contribution in [2.75, 3.05) is 47.5 Å². The van der Waals surface area contributed by atoms with Crippen molar-refractivity contribution in [1.82, 2.24) is 0 Å². The molecule has 8 nitrogen and oxygen atoms in total. The lowest BCUT2D eigenvalue weighted by atomic mass is 9.47. The summed E-state index contributed by atoms with van der Waals surface area (Å²) in [5.41, 5.74) is 2.05. The average molecular weight is 667 g/mol. The van der Waals surface area contributed by atoms with Gasteiger partial charge in [-0.1, -0.05) is 65.3 Å². The first-order valence-corrected chi connectivity index (χ1v) is 19.6. The van der Waals surface area contributed by atoms with Crippen molar-refractivity contribution >= 4 is 14.0 Å². The van der Waals surface area contributed by atoms with E-state index in [-0.39, 0.29) is 31.3 Å². The van der Waals surface area contributed by atoms with E-state index in [1.54, 1.807) is 0 Å². The Hall–Kier alpha value is -1.18. The second-order valence-electron chi connectivity index (χ2n) is 16.8. The third kappa shape index (κ3) is 8.88. The van der Waals surface area contributed by atoms with E-state index in [2.05, 4.69) is 59.8 Å². The maximum Gasteiger partial charge on any atom is 0.508 e. The Balaban J connectivity index is 1.27. The molecule has 0 amide bonds. The van der Waals surface area contributed by atoms with Crippen LogP contribution in [0, 0.1) is 52.3 Å². The molecule has 0 aliphatic heterocycles. The van der Waals surface area contributed by atoms with E-state index in [4.69, 9.17) is 18.5 Å². The van der Waals surface area contributed by atoms with Crippen LogP contribution < -0.4 is 0 Å². The van der Waals surface area contributed by atoms with Gasteiger partial charge in [-0.25, -0.2) is 9.36 Å². The molecule has 0 spiro atoms. The van der Waals surface area contributed by atoms with E-state index in [1.807, 2.05) is 21.1 Å². The van der Waals surface area contributed by atoms with Crippen LogP contribution in [0.15, 0.2) is 23.8 Å². The minimum Gasteiger partial charge on any atom is -0.432 e. The van der Waals surface area contributed by atoms with E-state index in [1.165, 1.54) is 37.7 Å². The molecule has 1 N–H and O–H groups in total. The Morgan fingerprint density at radius 1 is 1.02 bits per heavy atom. The molecule has 10 atom stereocenters. The molecule has 4 rings (SSSR count). The van der Waals surface area contributed by atoms with Gasteiger partial charge in [0.1, 0.15) is 25.9 Å². The van der Waals surface area contributed by atoms with Crippen molar-refractivity contribution in [3.8, 4) is 0 Å². The van der Waals surface area contributed by atoms with Gasteiger partial charge in [0.15, 0.2) is 0 Å². The van der Waals surface area contributed by atoms with Gasteiger partial charge < -0.3 is 18.9 Å². The highest BCUT2D eigenvalue weighted by Crippen LogP contribution is 2.67. The monoisotopic (exact) mass is 666 g/mol. The minimum atomic E-state index is -4.19. The Bertz CT molecular complexity index is 1150. The molecule has 3 saturated carbocycles. The Morgan fingerprint density at radius 3 is 2.41 bits per heavy atom. The number of carbonyl (C=O) groups is 1. The average Bonchev–Trinajstić information content (AvgIpc) is 3.32. The second kappa shape index (κ2) is 15.2. The number of phosphoric ester groups is 1. The Kier molecular flexibility index (Phi) is 12.4. The molecular formula is C37H65NO7P+. The summed E-state index contributed by atoms with van der Waals surface area (Å²) in [6, 6.07) is 0. The van der Waals surface area contributed by atoms with Gasteiger partial charge in [-0.15, -0.1) is 0 Å². The highest BCUT2D eigenvalue weighted by Gasteiger charge is 2.59. The fourth-order valence-electron chi connectivity index (χ4n) is 9.83. The molecule has 4 aliphatic carbocycles. The van der Waals surface area contributed by atoms with Gasteiger partial charge in [0.25, 0.3) is 0 Å². The van der Waals surface area contributed by atoms with Gasteiger partial charge in [0, 0.05) is 6.42 Å². The highest BCUT2D eigenvalue weighted by atomic mass is 31.2. The zero-order valence-electron chi connectivity index (χ0n) is 30.3. The summed E-state index contributed by atoms with van der Waals surface area (Å²) >= 11 is 0. The van der Waals surface area contributed by atoms with Crippen molar-refractivity contribution < 1.29 is 37.3 Å². The molecule has 0 aromatic heterocycles. The quantitative estimate of drug-likeness (QED) is 0.0651. The summed E-state index contributed by atoms with van der Waals surface area (Å²) in [6.45, 7) is 14.8. The molecule has 0 heterocycles. The summed E-state index contributed by atoms with van der Waals surface area (Å²) < 4.78 is 33.5. The number of phosphoric acid groups is 1. The summed E-state index contributed by atoms with van der Waals surface area (Å²) in [6.07, 6.45) is 16.9. The van der Waals surface area contributed by atoms with Gasteiger partial charge in [-0.05, 0) is 104 Å². The van der Waals surface area contributed by atoms with E-state index >= 15 is 0 Å². The maximum atomic E-state index is 12.5. The molecule has 0 aromatic rings. The highest BCUT2D eigenvalue weighted by molar-refractivity contribution is 7.47. The minimum absolute atomic E-state index is 0.0908. The number of allylic oxidation sites excluding steroid dienone is 3. The number of rotatable bonds is 14. The van der Waals surface area contributed by atoms with Gasteiger partial charge in [-0.2, -0.15) is 0 Å². The van der Waals surface area contributed by atoms with E-state index in [0.29, 0.717) is 40.1 Å². The van der Waals surface area contributed by atoms with Crippen LogP contribution in [0.5, 0.6) is 0 Å². The summed E-state index contributed by atoms with van der Waals surface area (Å²) in [7, 11) is 1.70. The van der Waals surface area contributed by atoms with Crippen molar-refractivity contribution in [3.63, 3.8) is 0 Å². The first-order valence-electron chi connectivity index (χ1n) is 18.1. The zero-order valence-corrected chi connectivity index (χ0v) is 31.2. The SMILES string of the molecule is CC[C@H](/C=C/[C@@H](C)[C@H]1CC[C@H]2[C@@H]3CC=C4C[C@@H](OC(=O)OCCOP(=O)(O)OCC[N+](C)(C)C)CC[C@]4(C)[C@H]3CC[C@]12C)C(C)C. The topological polar surface area (TPSA) is 91.3 Å². The largest absolute Gasteiger partial charge is 0.508 e. The molecule has 9 heteroatoms. The normalized spacial score (nSPS) is 35.5. The van der Waals surface area contributed by atoms with Crippen molar-refractivity contribution in [1.29, 1.82) is 0 Å². The van der Waals surface area contributed by atoms with Crippen LogP contribution in [0.25, 0.3) is 0 Å². The number of nitrogens with zero attached hydrogens (tertiary/aromatic N) is 1. The molecule has 0 aromatic carbocycles. The van der Waals surface area contributed by atoms with Crippen LogP contribution in [0.2, 0.25) is 0 Å². The Labute approximate surface area is 279 Å². The Morgan fingerprint density at radius 2 is 1.74 bits per heavy atom. The number of hydrogen-bond acceptors (Lipinski definition) is 6. The summed E-state index contributed by atoms with van der Waals surface area (Å²) in [4.78, 5) is 22.3. The fraction of sp³-hybridized carbons (Fsp3) is 0.865. The van der Waals surface area contributed by atoms with Gasteiger partial charge >= 0.3 is 14.0 Å². The van der Waals surface area contributed by atoms with Crippen molar-refractivity contribution in [2.45, 2.75) is 105 Å². The third-order valence-electron chi connectivity index (χ3n) is 12.6. The molecule has 0 bridgehead atoms. The lowest BCUT2D eigenvalue weighted by Gasteiger charge is -2.58. The van der Waals surface area contributed by atoms with Crippen LogP contribution in [-0.4, -0.2) is 69.1 Å². The standard InChI is InChI=1S/C37H64NO7P/c1-10-28(26(2)3)12-11-27(4)32-15-16-33-31-14-13-29-25-30(17-19-36(29,5)34(31)18-20-37(32,33)6)45-35(39)42-23-24-44-46(40,41)43-22-21-38(7,8)9/h11-13,26-28,30-34H,10,14-25H2,1-9H3/p+1/b12-11+/t27-,28-,30+,31+,32-,33+,34+,36+,37-/m1/s1. The fourth-order valence-corrected chi connectivity index (χ4v) is 10.5. The second-order valence-corrected chi connectivity index (χ2v) is 18.2. The molecule has 1 unspecified atom stereocenters. The molecule has 46 heavy (non-hydrogen) atoms. The van der Waals surface area contributed by atoms with E-state index < -0.39 is 14.0 Å². The number of likely N-dealkylation sites (N-methyl/N-ethyl adjacent to an activating group) is 1. The predicted octanol–water partition coefficient (Wildman–Crippen LogP) is 8.80. The lowest BCUT2D eigenvalue weighted by Crippen LogP contribution is -2.51. The number of fused-ring (bicyclic) bond motifs is 5. The maximum absolute atomic E-state index is 12.5. The van der Waals surface area contributed by atoms with Crippen LogP contribution in [0.1, 0.15) is 99.3 Å². The number of quaternary nitrogens is 1. The number of hydrogen-bond donors (Lipinski definition) is 1. The van der Waals surface area contributed by atoms with Crippen LogP contribution >= 0.6 is 7.82 Å². The predicted molar refractivity (Wildman–Crippen MR) is 183 cm³/mol. The lowest BCUT2D eigenvalue weighted by molar-refractivity contribution is -0.870. The first-order chi connectivity index (χ1) is 21.5. The van der Waals surface area contributed by atoms with E-state index in [0.717, 1.165) is 43.4 Å². The van der Waals surface area contributed by atoms with Crippen LogP contribution in [0.4, 0.5) is 4.79 Å². The van der Waals surface area contributed by atoms with Crippen LogP contribution in [0.3, 0.4) is 0 Å². The molecule has 264 valence electrons. The summed E-state index contributed by atoms with van der Waals surface area (Å²) in [5.74, 6) is 5.00. The van der Waals surface area contributed by atoms with Crippen molar-refractivity contribution in [3.05, 3.63) is 23.8 Å². The molecule has 3 fully saturated rings.